The zero-order chi connectivity index (χ0) is 26.2. The van der Waals surface area contributed by atoms with Gasteiger partial charge in [-0.15, -0.1) is 5.10 Å². The third kappa shape index (κ3) is 6.66. The fraction of sp³-hybridized carbons (Fsp3) is 0.423. The van der Waals surface area contributed by atoms with E-state index in [0.29, 0.717) is 37.6 Å². The largest absolute Gasteiger partial charge is 0.480 e. The Morgan fingerprint density at radius 1 is 1.16 bits per heavy atom. The standard InChI is InChI=1S/C26H33N7O3S/c1-3-25(34)28-23-11-7-10-21(27-23)19-12-15-31(16-13-19)33(22(26(35)36)14-17-37-2)24-18-32(30-29-24)20-8-5-4-6-9-20/h4-11,18-19,22H,3,12-17H2,1-2H3,(H,35,36)(H,27,28,34)/t22-/m0/s1. The highest BCUT2D eigenvalue weighted by Crippen LogP contribution is 2.31. The summed E-state index contributed by atoms with van der Waals surface area (Å²) in [5, 5.41) is 25.5. The van der Waals surface area contributed by atoms with Crippen molar-refractivity contribution in [2.45, 2.75) is 44.6 Å². The molecule has 3 aromatic rings. The van der Waals surface area contributed by atoms with E-state index < -0.39 is 12.0 Å². The number of para-hydroxylation sites is 1. The number of pyridine rings is 1. The molecule has 0 spiro atoms. The predicted molar refractivity (Wildman–Crippen MR) is 145 cm³/mol. The van der Waals surface area contributed by atoms with Crippen LogP contribution < -0.4 is 10.3 Å². The third-order valence-electron chi connectivity index (χ3n) is 6.47. The molecule has 4 rings (SSSR count). The highest BCUT2D eigenvalue weighted by atomic mass is 32.2. The van der Waals surface area contributed by atoms with Crippen LogP contribution in [0.1, 0.15) is 44.2 Å². The number of carboxylic acid groups (broad SMARTS) is 1. The van der Waals surface area contributed by atoms with Gasteiger partial charge in [0.25, 0.3) is 0 Å². The summed E-state index contributed by atoms with van der Waals surface area (Å²) in [4.78, 5) is 28.8. The van der Waals surface area contributed by atoms with E-state index in [0.717, 1.165) is 30.0 Å². The molecule has 1 saturated heterocycles. The lowest BCUT2D eigenvalue weighted by atomic mass is 9.93. The predicted octanol–water partition coefficient (Wildman–Crippen LogP) is 3.82. The molecular weight excluding hydrogens is 490 g/mol. The average molecular weight is 524 g/mol. The van der Waals surface area contributed by atoms with Gasteiger partial charge in [0.05, 0.1) is 11.9 Å². The van der Waals surface area contributed by atoms with Gasteiger partial charge < -0.3 is 10.4 Å². The van der Waals surface area contributed by atoms with E-state index in [2.05, 4.69) is 25.6 Å². The van der Waals surface area contributed by atoms with Crippen LogP contribution >= 0.6 is 11.8 Å². The fourth-order valence-electron chi connectivity index (χ4n) is 4.51. The number of thioether (sulfide) groups is 1. The molecule has 1 amide bonds. The molecule has 0 aliphatic carbocycles. The van der Waals surface area contributed by atoms with E-state index in [1.165, 1.54) is 0 Å². The number of hydrogen-bond donors (Lipinski definition) is 2. The SMILES string of the molecule is CCC(=O)Nc1cccc(C2CCN(N(c3cn(-c4ccccc4)nn3)[C@@H](CCSC)C(=O)O)CC2)n1. The molecule has 11 heteroatoms. The topological polar surface area (TPSA) is 116 Å². The minimum absolute atomic E-state index is 0.0661. The van der Waals surface area contributed by atoms with Crippen molar-refractivity contribution in [2.75, 3.05) is 35.4 Å². The maximum absolute atomic E-state index is 12.4. The van der Waals surface area contributed by atoms with Gasteiger partial charge in [0, 0.05) is 31.1 Å². The van der Waals surface area contributed by atoms with Crippen LogP contribution in [0.2, 0.25) is 0 Å². The van der Waals surface area contributed by atoms with E-state index in [1.807, 2.05) is 60.7 Å². The summed E-state index contributed by atoms with van der Waals surface area (Å²) in [6.45, 7) is 3.11. The van der Waals surface area contributed by atoms with Crippen LogP contribution in [0.25, 0.3) is 5.69 Å². The molecule has 2 aromatic heterocycles. The van der Waals surface area contributed by atoms with Crippen LogP contribution in [-0.2, 0) is 9.59 Å². The molecule has 1 aromatic carbocycles. The summed E-state index contributed by atoms with van der Waals surface area (Å²) in [6.07, 6.45) is 6.25. The Morgan fingerprint density at radius 3 is 2.59 bits per heavy atom. The highest BCUT2D eigenvalue weighted by Gasteiger charge is 2.35. The van der Waals surface area contributed by atoms with Crippen LogP contribution in [0.15, 0.2) is 54.7 Å². The van der Waals surface area contributed by atoms with Crippen LogP contribution in [0.3, 0.4) is 0 Å². The van der Waals surface area contributed by atoms with Gasteiger partial charge in [-0.25, -0.2) is 19.5 Å². The van der Waals surface area contributed by atoms with Crippen molar-refractivity contribution < 1.29 is 14.7 Å². The van der Waals surface area contributed by atoms with Crippen molar-refractivity contribution in [2.24, 2.45) is 0 Å². The maximum atomic E-state index is 12.4. The van der Waals surface area contributed by atoms with Crippen molar-refractivity contribution in [3.05, 3.63) is 60.4 Å². The number of hydrogen-bond acceptors (Lipinski definition) is 8. The van der Waals surface area contributed by atoms with E-state index in [-0.39, 0.29) is 11.8 Å². The minimum Gasteiger partial charge on any atom is -0.480 e. The first-order valence-electron chi connectivity index (χ1n) is 12.5. The van der Waals surface area contributed by atoms with Gasteiger partial charge in [-0.3, -0.25) is 9.80 Å². The van der Waals surface area contributed by atoms with Crippen molar-refractivity contribution in [1.82, 2.24) is 25.0 Å². The Balaban J connectivity index is 1.54. The van der Waals surface area contributed by atoms with E-state index in [4.69, 9.17) is 0 Å². The number of amides is 1. The Hall–Kier alpha value is -3.44. The Kier molecular flexibility index (Phi) is 9.13. The zero-order valence-electron chi connectivity index (χ0n) is 21.2. The molecule has 1 aliphatic rings. The zero-order valence-corrected chi connectivity index (χ0v) is 22.0. The Labute approximate surface area is 221 Å². The highest BCUT2D eigenvalue weighted by molar-refractivity contribution is 7.98. The average Bonchev–Trinajstić information content (AvgIpc) is 3.41. The van der Waals surface area contributed by atoms with Crippen molar-refractivity contribution in [3.8, 4) is 5.69 Å². The molecule has 1 atom stereocenters. The lowest BCUT2D eigenvalue weighted by Crippen LogP contribution is -2.55. The number of aliphatic carboxylic acids is 1. The second kappa shape index (κ2) is 12.7. The van der Waals surface area contributed by atoms with Crippen LogP contribution in [0, 0.1) is 0 Å². The van der Waals surface area contributed by atoms with E-state index in [9.17, 15) is 14.7 Å². The molecular formula is C26H33N7O3S. The number of nitrogens with zero attached hydrogens (tertiary/aromatic N) is 6. The number of aromatic nitrogens is 4. The Morgan fingerprint density at radius 2 is 1.92 bits per heavy atom. The van der Waals surface area contributed by atoms with Crippen molar-refractivity contribution in [1.29, 1.82) is 0 Å². The lowest BCUT2D eigenvalue weighted by molar-refractivity contribution is -0.139. The maximum Gasteiger partial charge on any atom is 0.328 e. The van der Waals surface area contributed by atoms with Gasteiger partial charge in [-0.05, 0) is 55.5 Å². The van der Waals surface area contributed by atoms with Gasteiger partial charge in [0.15, 0.2) is 5.82 Å². The molecule has 196 valence electrons. The number of carboxylic acids is 1. The number of benzene rings is 1. The van der Waals surface area contributed by atoms with Crippen LogP contribution in [0.5, 0.6) is 0 Å². The minimum atomic E-state index is -0.883. The molecule has 3 heterocycles. The summed E-state index contributed by atoms with van der Waals surface area (Å²) in [5.41, 5.74) is 1.80. The first-order chi connectivity index (χ1) is 18.0. The second-order valence-electron chi connectivity index (χ2n) is 8.91. The molecule has 37 heavy (non-hydrogen) atoms. The van der Waals surface area contributed by atoms with Gasteiger partial charge in [0.1, 0.15) is 11.9 Å². The monoisotopic (exact) mass is 523 g/mol. The molecule has 2 N–H and O–H groups in total. The van der Waals surface area contributed by atoms with Crippen molar-refractivity contribution in [3.63, 3.8) is 0 Å². The first kappa shape index (κ1) is 26.6. The number of piperidine rings is 1. The molecule has 0 bridgehead atoms. The number of rotatable bonds is 11. The van der Waals surface area contributed by atoms with Crippen LogP contribution in [-0.4, -0.2) is 73.1 Å². The van der Waals surface area contributed by atoms with Gasteiger partial charge >= 0.3 is 5.97 Å². The molecule has 1 fully saturated rings. The van der Waals surface area contributed by atoms with Gasteiger partial charge in [0.2, 0.25) is 5.91 Å². The first-order valence-corrected chi connectivity index (χ1v) is 13.9. The third-order valence-corrected chi connectivity index (χ3v) is 7.11. The van der Waals surface area contributed by atoms with E-state index >= 15 is 0 Å². The van der Waals surface area contributed by atoms with E-state index in [1.54, 1.807) is 28.7 Å². The number of hydrazine groups is 1. The summed E-state index contributed by atoms with van der Waals surface area (Å²) in [7, 11) is 0. The molecule has 0 radical (unpaired) electrons. The number of carbonyl (C=O) groups is 2. The lowest BCUT2D eigenvalue weighted by Gasteiger charge is -2.42. The number of nitrogens with one attached hydrogen (secondary N) is 1. The quantitative estimate of drug-likeness (QED) is 0.387. The van der Waals surface area contributed by atoms with Gasteiger partial charge in [-0.2, -0.15) is 11.8 Å². The molecule has 1 aliphatic heterocycles. The Bertz CT molecular complexity index is 1180. The van der Waals surface area contributed by atoms with Gasteiger partial charge in [-0.1, -0.05) is 36.4 Å². The normalized spacial score (nSPS) is 15.3. The summed E-state index contributed by atoms with van der Waals surface area (Å²) in [5.74, 6) is 1.06. The summed E-state index contributed by atoms with van der Waals surface area (Å²) < 4.78 is 1.67. The summed E-state index contributed by atoms with van der Waals surface area (Å²) in [6, 6.07) is 14.6. The summed E-state index contributed by atoms with van der Waals surface area (Å²) >= 11 is 1.63. The smallest absolute Gasteiger partial charge is 0.328 e. The van der Waals surface area contributed by atoms with Crippen LogP contribution in [0.4, 0.5) is 11.6 Å². The molecule has 0 unspecified atom stereocenters. The molecule has 0 saturated carbocycles. The number of anilines is 2. The number of carbonyl (C=O) groups excluding carboxylic acids is 1. The fourth-order valence-corrected chi connectivity index (χ4v) is 4.96. The molecule has 10 nitrogen and oxygen atoms in total. The second-order valence-corrected chi connectivity index (χ2v) is 9.90. The van der Waals surface area contributed by atoms with Crippen molar-refractivity contribution >= 4 is 35.3 Å².